The third-order valence-electron chi connectivity index (χ3n) is 2.27. The van der Waals surface area contributed by atoms with Gasteiger partial charge in [-0.1, -0.05) is 23.7 Å². The van der Waals surface area contributed by atoms with Crippen LogP contribution in [0.2, 0.25) is 5.02 Å². The predicted octanol–water partition coefficient (Wildman–Crippen LogP) is 2.66. The third kappa shape index (κ3) is 1.43. The van der Waals surface area contributed by atoms with Gasteiger partial charge in [0.15, 0.2) is 0 Å². The summed E-state index contributed by atoms with van der Waals surface area (Å²) < 4.78 is 0. The molecule has 0 unspecified atom stereocenters. The molecule has 14 heavy (non-hydrogen) atoms. The molecule has 2 aromatic carbocycles. The summed E-state index contributed by atoms with van der Waals surface area (Å²) in [7, 11) is 0. The SMILES string of the molecule is NCc1c(O)ccc2cc(Cl)ccc12. The molecule has 0 amide bonds. The van der Waals surface area contributed by atoms with Crippen LogP contribution in [0.5, 0.6) is 5.75 Å². The molecule has 0 aliphatic rings. The Labute approximate surface area is 86.9 Å². The van der Waals surface area contributed by atoms with Gasteiger partial charge in [-0.05, 0) is 29.0 Å². The molecular weight excluding hydrogens is 198 g/mol. The van der Waals surface area contributed by atoms with Crippen LogP contribution in [0.25, 0.3) is 10.8 Å². The van der Waals surface area contributed by atoms with E-state index in [1.54, 1.807) is 12.1 Å². The van der Waals surface area contributed by atoms with Crippen molar-refractivity contribution in [1.29, 1.82) is 0 Å². The Balaban J connectivity index is 2.82. The van der Waals surface area contributed by atoms with Gasteiger partial charge in [0, 0.05) is 17.1 Å². The quantitative estimate of drug-likeness (QED) is 0.755. The van der Waals surface area contributed by atoms with Crippen molar-refractivity contribution in [3.8, 4) is 5.75 Å². The number of hydrogen-bond donors (Lipinski definition) is 2. The Kier molecular flexibility index (Phi) is 2.32. The summed E-state index contributed by atoms with van der Waals surface area (Å²) in [6.07, 6.45) is 0. The monoisotopic (exact) mass is 207 g/mol. The number of phenols is 1. The molecule has 0 bridgehead atoms. The first-order valence-corrected chi connectivity index (χ1v) is 4.70. The van der Waals surface area contributed by atoms with Crippen LogP contribution in [0, 0.1) is 0 Å². The van der Waals surface area contributed by atoms with Crippen molar-refractivity contribution in [3.63, 3.8) is 0 Å². The topological polar surface area (TPSA) is 46.2 Å². The van der Waals surface area contributed by atoms with Crippen LogP contribution in [0.1, 0.15) is 5.56 Å². The van der Waals surface area contributed by atoms with E-state index in [1.807, 2.05) is 18.2 Å². The average molecular weight is 208 g/mol. The number of fused-ring (bicyclic) bond motifs is 1. The fraction of sp³-hybridized carbons (Fsp3) is 0.0909. The van der Waals surface area contributed by atoms with Crippen molar-refractivity contribution in [2.24, 2.45) is 5.73 Å². The number of phenolic OH excluding ortho intramolecular Hbond substituents is 1. The summed E-state index contributed by atoms with van der Waals surface area (Å²) >= 11 is 5.86. The number of aromatic hydroxyl groups is 1. The van der Waals surface area contributed by atoms with Crippen LogP contribution < -0.4 is 5.73 Å². The number of halogens is 1. The molecular formula is C11H10ClNO. The first-order valence-electron chi connectivity index (χ1n) is 4.32. The highest BCUT2D eigenvalue weighted by molar-refractivity contribution is 6.31. The largest absolute Gasteiger partial charge is 0.508 e. The lowest BCUT2D eigenvalue weighted by atomic mass is 10.0. The van der Waals surface area contributed by atoms with E-state index in [9.17, 15) is 5.11 Å². The van der Waals surface area contributed by atoms with Gasteiger partial charge in [0.2, 0.25) is 0 Å². The van der Waals surface area contributed by atoms with Crippen LogP contribution in [0.4, 0.5) is 0 Å². The van der Waals surface area contributed by atoms with E-state index < -0.39 is 0 Å². The zero-order valence-electron chi connectivity index (χ0n) is 7.50. The highest BCUT2D eigenvalue weighted by atomic mass is 35.5. The molecule has 0 radical (unpaired) electrons. The van der Waals surface area contributed by atoms with Crippen molar-refractivity contribution in [1.82, 2.24) is 0 Å². The maximum Gasteiger partial charge on any atom is 0.120 e. The lowest BCUT2D eigenvalue weighted by molar-refractivity contribution is 0.469. The number of hydrogen-bond acceptors (Lipinski definition) is 2. The number of rotatable bonds is 1. The lowest BCUT2D eigenvalue weighted by Crippen LogP contribution is -1.97. The Morgan fingerprint density at radius 1 is 1.21 bits per heavy atom. The van der Waals surface area contributed by atoms with Crippen LogP contribution in [-0.4, -0.2) is 5.11 Å². The summed E-state index contributed by atoms with van der Waals surface area (Å²) in [5.74, 6) is 0.238. The second kappa shape index (κ2) is 3.48. The molecule has 0 saturated heterocycles. The van der Waals surface area contributed by atoms with Crippen LogP contribution in [-0.2, 0) is 6.54 Å². The molecule has 3 N–H and O–H groups in total. The number of benzene rings is 2. The maximum atomic E-state index is 9.56. The number of nitrogens with two attached hydrogens (primary N) is 1. The zero-order valence-corrected chi connectivity index (χ0v) is 8.25. The maximum absolute atomic E-state index is 9.56. The van der Waals surface area contributed by atoms with E-state index in [4.69, 9.17) is 17.3 Å². The van der Waals surface area contributed by atoms with Gasteiger partial charge < -0.3 is 10.8 Å². The fourth-order valence-electron chi connectivity index (χ4n) is 1.57. The van der Waals surface area contributed by atoms with Gasteiger partial charge in [0.25, 0.3) is 0 Å². The van der Waals surface area contributed by atoms with E-state index in [-0.39, 0.29) is 5.75 Å². The van der Waals surface area contributed by atoms with E-state index in [0.717, 1.165) is 16.3 Å². The second-order valence-electron chi connectivity index (χ2n) is 3.13. The molecule has 0 heterocycles. The highest BCUT2D eigenvalue weighted by Gasteiger charge is 2.04. The van der Waals surface area contributed by atoms with Gasteiger partial charge >= 0.3 is 0 Å². The molecule has 3 heteroatoms. The van der Waals surface area contributed by atoms with Gasteiger partial charge in [-0.25, -0.2) is 0 Å². The molecule has 2 aromatic rings. The minimum absolute atomic E-state index is 0.238. The van der Waals surface area contributed by atoms with E-state index >= 15 is 0 Å². The molecule has 0 aromatic heterocycles. The first kappa shape index (κ1) is 9.31. The van der Waals surface area contributed by atoms with Crippen molar-refractivity contribution >= 4 is 22.4 Å². The van der Waals surface area contributed by atoms with Gasteiger partial charge in [-0.15, -0.1) is 0 Å². The van der Waals surface area contributed by atoms with E-state index in [2.05, 4.69) is 0 Å². The minimum Gasteiger partial charge on any atom is -0.508 e. The normalized spacial score (nSPS) is 10.7. The molecule has 2 nitrogen and oxygen atoms in total. The summed E-state index contributed by atoms with van der Waals surface area (Å²) in [5.41, 5.74) is 6.32. The van der Waals surface area contributed by atoms with Crippen molar-refractivity contribution in [2.45, 2.75) is 6.54 Å². The highest BCUT2D eigenvalue weighted by Crippen LogP contribution is 2.28. The molecule has 0 atom stereocenters. The summed E-state index contributed by atoms with van der Waals surface area (Å²) in [6, 6.07) is 8.99. The Morgan fingerprint density at radius 2 is 2.00 bits per heavy atom. The Morgan fingerprint density at radius 3 is 2.71 bits per heavy atom. The smallest absolute Gasteiger partial charge is 0.120 e. The Hall–Kier alpha value is -1.25. The molecule has 0 aliphatic carbocycles. The van der Waals surface area contributed by atoms with Crippen LogP contribution in [0.15, 0.2) is 30.3 Å². The molecule has 0 saturated carbocycles. The molecule has 0 spiro atoms. The van der Waals surface area contributed by atoms with Crippen molar-refractivity contribution in [3.05, 3.63) is 40.9 Å². The summed E-state index contributed by atoms with van der Waals surface area (Å²) in [6.45, 7) is 0.324. The van der Waals surface area contributed by atoms with Gasteiger partial charge in [0.05, 0.1) is 0 Å². The van der Waals surface area contributed by atoms with Gasteiger partial charge in [-0.2, -0.15) is 0 Å². The lowest BCUT2D eigenvalue weighted by Gasteiger charge is -2.06. The zero-order chi connectivity index (χ0) is 10.1. The van der Waals surface area contributed by atoms with Crippen LogP contribution >= 0.6 is 11.6 Å². The molecule has 2 rings (SSSR count). The molecule has 0 aliphatic heterocycles. The van der Waals surface area contributed by atoms with E-state index in [1.165, 1.54) is 0 Å². The average Bonchev–Trinajstić information content (AvgIpc) is 2.18. The summed E-state index contributed by atoms with van der Waals surface area (Å²) in [5, 5.41) is 12.2. The Bertz CT molecular complexity index is 482. The third-order valence-corrected chi connectivity index (χ3v) is 2.51. The molecule has 0 fully saturated rings. The first-order chi connectivity index (χ1) is 6.72. The van der Waals surface area contributed by atoms with Crippen molar-refractivity contribution in [2.75, 3.05) is 0 Å². The predicted molar refractivity (Wildman–Crippen MR) is 58.5 cm³/mol. The van der Waals surface area contributed by atoms with Crippen molar-refractivity contribution < 1.29 is 5.11 Å². The fourth-order valence-corrected chi connectivity index (χ4v) is 1.75. The second-order valence-corrected chi connectivity index (χ2v) is 3.57. The standard InChI is InChI=1S/C11H10ClNO/c12-8-2-3-9-7(5-8)1-4-11(14)10(9)6-13/h1-5,14H,6,13H2. The molecule has 72 valence electrons. The minimum atomic E-state index is 0.238. The van der Waals surface area contributed by atoms with Gasteiger partial charge in [0.1, 0.15) is 5.75 Å². The van der Waals surface area contributed by atoms with E-state index in [0.29, 0.717) is 11.6 Å². The van der Waals surface area contributed by atoms with Gasteiger partial charge in [-0.3, -0.25) is 0 Å². The van der Waals surface area contributed by atoms with Crippen LogP contribution in [0.3, 0.4) is 0 Å². The summed E-state index contributed by atoms with van der Waals surface area (Å²) in [4.78, 5) is 0.